The summed E-state index contributed by atoms with van der Waals surface area (Å²) in [4.78, 5) is 12.3. The molecule has 0 aliphatic rings. The Morgan fingerprint density at radius 3 is 2.35 bits per heavy atom. The maximum absolute atomic E-state index is 10.8. The van der Waals surface area contributed by atoms with Gasteiger partial charge in [0, 0.05) is 26.2 Å². The fraction of sp³-hybridized carbons (Fsp3) is 0.125. The summed E-state index contributed by atoms with van der Waals surface area (Å²) in [5, 5.41) is 10.8. The number of hydrogen-bond donors (Lipinski definition) is 0. The van der Waals surface area contributed by atoms with Gasteiger partial charge in [-0.2, -0.15) is 0 Å². The molecule has 2 aromatic rings. The maximum Gasteiger partial charge on any atom is 0.271 e. The van der Waals surface area contributed by atoms with Gasteiger partial charge in [0.25, 0.3) is 5.69 Å². The van der Waals surface area contributed by atoms with Crippen LogP contribution in [-0.4, -0.2) is 19.0 Å². The van der Waals surface area contributed by atoms with E-state index in [1.165, 1.54) is 6.07 Å². The lowest BCUT2D eigenvalue weighted by Crippen LogP contribution is -2.10. The van der Waals surface area contributed by atoms with Gasteiger partial charge in [-0.25, -0.2) is 0 Å². The highest BCUT2D eigenvalue weighted by molar-refractivity contribution is 5.78. The molecule has 0 aliphatic carbocycles. The minimum Gasteiger partial charge on any atom is -0.377 e. The molecular formula is C16H16N2O2. The van der Waals surface area contributed by atoms with Crippen molar-refractivity contribution in [2.75, 3.05) is 19.0 Å². The third-order valence-electron chi connectivity index (χ3n) is 2.96. The molecule has 0 atom stereocenters. The number of anilines is 1. The Morgan fingerprint density at radius 1 is 1.05 bits per heavy atom. The smallest absolute Gasteiger partial charge is 0.271 e. The Balaban J connectivity index is 2.36. The van der Waals surface area contributed by atoms with Gasteiger partial charge in [-0.05, 0) is 17.2 Å². The van der Waals surface area contributed by atoms with Crippen LogP contribution in [0.15, 0.2) is 48.5 Å². The van der Waals surface area contributed by atoms with Crippen molar-refractivity contribution in [1.82, 2.24) is 0 Å². The molecule has 0 bridgehead atoms. The monoisotopic (exact) mass is 268 g/mol. The van der Waals surface area contributed by atoms with Gasteiger partial charge in [0.2, 0.25) is 0 Å². The molecule has 4 nitrogen and oxygen atoms in total. The average molecular weight is 268 g/mol. The third kappa shape index (κ3) is 3.23. The molecule has 0 saturated carbocycles. The van der Waals surface area contributed by atoms with E-state index < -0.39 is 0 Å². The number of hydrogen-bond acceptors (Lipinski definition) is 3. The van der Waals surface area contributed by atoms with Crippen LogP contribution in [0, 0.1) is 10.1 Å². The molecule has 102 valence electrons. The average Bonchev–Trinajstić information content (AvgIpc) is 2.45. The van der Waals surface area contributed by atoms with Crippen LogP contribution in [0.1, 0.15) is 11.1 Å². The normalized spacial score (nSPS) is 10.7. The van der Waals surface area contributed by atoms with Crippen LogP contribution in [0.2, 0.25) is 0 Å². The molecule has 0 N–H and O–H groups in total. The summed E-state index contributed by atoms with van der Waals surface area (Å²) in [5.74, 6) is 0. The Bertz CT molecular complexity index is 634. The van der Waals surface area contributed by atoms with Gasteiger partial charge in [-0.1, -0.05) is 42.5 Å². The van der Waals surface area contributed by atoms with Gasteiger partial charge in [0.1, 0.15) is 0 Å². The van der Waals surface area contributed by atoms with Gasteiger partial charge >= 0.3 is 0 Å². The predicted molar refractivity (Wildman–Crippen MR) is 82.8 cm³/mol. The molecule has 0 unspecified atom stereocenters. The van der Waals surface area contributed by atoms with E-state index in [1.807, 2.05) is 61.5 Å². The van der Waals surface area contributed by atoms with E-state index >= 15 is 0 Å². The van der Waals surface area contributed by atoms with Gasteiger partial charge in [0.15, 0.2) is 0 Å². The highest BCUT2D eigenvalue weighted by Crippen LogP contribution is 2.26. The van der Waals surface area contributed by atoms with Crippen LogP contribution in [0.3, 0.4) is 0 Å². The van der Waals surface area contributed by atoms with Crippen molar-refractivity contribution in [1.29, 1.82) is 0 Å². The molecule has 20 heavy (non-hydrogen) atoms. The van der Waals surface area contributed by atoms with Gasteiger partial charge < -0.3 is 4.90 Å². The first-order valence-electron chi connectivity index (χ1n) is 6.27. The highest BCUT2D eigenvalue weighted by Gasteiger charge is 2.10. The van der Waals surface area contributed by atoms with Crippen molar-refractivity contribution in [3.05, 3.63) is 69.8 Å². The molecule has 2 rings (SSSR count). The van der Waals surface area contributed by atoms with Crippen LogP contribution in [0.4, 0.5) is 11.4 Å². The Morgan fingerprint density at radius 2 is 1.75 bits per heavy atom. The van der Waals surface area contributed by atoms with Crippen LogP contribution >= 0.6 is 0 Å². The first-order valence-corrected chi connectivity index (χ1v) is 6.27. The number of nitrogens with zero attached hydrogens (tertiary/aromatic N) is 2. The molecule has 0 aliphatic heterocycles. The maximum atomic E-state index is 10.8. The summed E-state index contributed by atoms with van der Waals surface area (Å²) >= 11 is 0. The first-order chi connectivity index (χ1) is 9.58. The minimum atomic E-state index is -0.377. The fourth-order valence-corrected chi connectivity index (χ4v) is 1.92. The quantitative estimate of drug-likeness (QED) is 0.481. The van der Waals surface area contributed by atoms with Crippen molar-refractivity contribution < 1.29 is 4.92 Å². The Kier molecular flexibility index (Phi) is 4.15. The lowest BCUT2D eigenvalue weighted by molar-refractivity contribution is -0.384. The van der Waals surface area contributed by atoms with E-state index in [0.717, 1.165) is 16.8 Å². The summed E-state index contributed by atoms with van der Waals surface area (Å²) in [6, 6.07) is 14.8. The van der Waals surface area contributed by atoms with E-state index in [-0.39, 0.29) is 10.6 Å². The zero-order valence-corrected chi connectivity index (χ0v) is 11.5. The largest absolute Gasteiger partial charge is 0.377 e. The van der Waals surface area contributed by atoms with Crippen molar-refractivity contribution >= 4 is 23.5 Å². The number of non-ortho nitro benzene ring substituents is 1. The molecule has 0 spiro atoms. The fourth-order valence-electron chi connectivity index (χ4n) is 1.92. The van der Waals surface area contributed by atoms with E-state index in [0.29, 0.717) is 0 Å². The second-order valence-corrected chi connectivity index (χ2v) is 4.64. The van der Waals surface area contributed by atoms with E-state index in [4.69, 9.17) is 0 Å². The highest BCUT2D eigenvalue weighted by atomic mass is 16.6. The van der Waals surface area contributed by atoms with Crippen molar-refractivity contribution in [3.8, 4) is 0 Å². The van der Waals surface area contributed by atoms with Crippen LogP contribution in [0.5, 0.6) is 0 Å². The second kappa shape index (κ2) is 6.02. The second-order valence-electron chi connectivity index (χ2n) is 4.64. The molecule has 0 amide bonds. The van der Waals surface area contributed by atoms with Crippen LogP contribution in [-0.2, 0) is 0 Å². The molecule has 0 radical (unpaired) electrons. The number of nitro benzene ring substituents is 1. The third-order valence-corrected chi connectivity index (χ3v) is 2.96. The number of rotatable bonds is 4. The van der Waals surface area contributed by atoms with Crippen molar-refractivity contribution in [2.45, 2.75) is 0 Å². The summed E-state index contributed by atoms with van der Waals surface area (Å²) in [6.45, 7) is 0. The molecule has 2 aromatic carbocycles. The van der Waals surface area contributed by atoms with Gasteiger partial charge in [-0.3, -0.25) is 10.1 Å². The number of nitro groups is 1. The van der Waals surface area contributed by atoms with Gasteiger partial charge in [0.05, 0.1) is 10.6 Å². The topological polar surface area (TPSA) is 46.4 Å². The summed E-state index contributed by atoms with van der Waals surface area (Å²) in [7, 11) is 3.75. The first kappa shape index (κ1) is 13.8. The number of benzene rings is 2. The van der Waals surface area contributed by atoms with Crippen molar-refractivity contribution in [3.63, 3.8) is 0 Å². The zero-order valence-electron chi connectivity index (χ0n) is 11.5. The van der Waals surface area contributed by atoms with E-state index in [2.05, 4.69) is 0 Å². The SMILES string of the molecule is CN(C)c1cc([N+](=O)[O-])ccc1/C=C/c1ccccc1. The Hall–Kier alpha value is -2.62. The predicted octanol–water partition coefficient (Wildman–Crippen LogP) is 3.83. The molecule has 0 fully saturated rings. The lowest BCUT2D eigenvalue weighted by Gasteiger charge is -2.15. The molecule has 4 heteroatoms. The van der Waals surface area contributed by atoms with E-state index in [1.54, 1.807) is 12.1 Å². The standard InChI is InChI=1S/C16H16N2O2/c1-17(2)16-12-15(18(19)20)11-10-14(16)9-8-13-6-4-3-5-7-13/h3-12H,1-2H3/b9-8+. The summed E-state index contributed by atoms with van der Waals surface area (Å²) in [6.07, 6.45) is 3.96. The molecule has 0 aromatic heterocycles. The minimum absolute atomic E-state index is 0.102. The molecular weight excluding hydrogens is 252 g/mol. The van der Waals surface area contributed by atoms with E-state index in [9.17, 15) is 10.1 Å². The van der Waals surface area contributed by atoms with Crippen LogP contribution < -0.4 is 4.90 Å². The summed E-state index contributed by atoms with van der Waals surface area (Å²) in [5.41, 5.74) is 2.97. The Labute approximate surface area is 118 Å². The summed E-state index contributed by atoms with van der Waals surface area (Å²) < 4.78 is 0. The lowest BCUT2D eigenvalue weighted by atomic mass is 10.1. The molecule has 0 heterocycles. The molecule has 0 saturated heterocycles. The zero-order chi connectivity index (χ0) is 14.5. The van der Waals surface area contributed by atoms with Gasteiger partial charge in [-0.15, -0.1) is 0 Å². The van der Waals surface area contributed by atoms with Crippen LogP contribution in [0.25, 0.3) is 12.2 Å². The van der Waals surface area contributed by atoms with Crippen molar-refractivity contribution in [2.24, 2.45) is 0 Å².